The minimum atomic E-state index is -0.391. The van der Waals surface area contributed by atoms with E-state index in [1.165, 1.54) is 0 Å². The van der Waals surface area contributed by atoms with E-state index in [1.807, 2.05) is 43.3 Å². The Hall–Kier alpha value is -2.69. The molecular formula is C18H22N2O3. The van der Waals surface area contributed by atoms with Crippen molar-refractivity contribution in [2.45, 2.75) is 19.9 Å². The van der Waals surface area contributed by atoms with Crippen molar-refractivity contribution in [3.63, 3.8) is 0 Å². The molecule has 2 rings (SSSR count). The van der Waals surface area contributed by atoms with Gasteiger partial charge >= 0.3 is 0 Å². The second-order valence-electron chi connectivity index (χ2n) is 5.01. The van der Waals surface area contributed by atoms with Crippen molar-refractivity contribution in [3.8, 4) is 11.5 Å². The molecule has 0 bridgehead atoms. The van der Waals surface area contributed by atoms with Crippen molar-refractivity contribution < 1.29 is 14.3 Å². The summed E-state index contributed by atoms with van der Waals surface area (Å²) in [5, 5.41) is 6.02. The summed E-state index contributed by atoms with van der Waals surface area (Å²) < 4.78 is 10.6. The highest BCUT2D eigenvalue weighted by Gasteiger charge is 2.14. The van der Waals surface area contributed by atoms with Crippen molar-refractivity contribution in [1.29, 1.82) is 0 Å². The Morgan fingerprint density at radius 3 is 2.48 bits per heavy atom. The molecule has 0 heterocycles. The van der Waals surface area contributed by atoms with Gasteiger partial charge in [0.1, 0.15) is 17.5 Å². The van der Waals surface area contributed by atoms with E-state index in [-0.39, 0.29) is 5.91 Å². The summed E-state index contributed by atoms with van der Waals surface area (Å²) in [5.41, 5.74) is 1.51. The molecule has 2 aromatic carbocycles. The monoisotopic (exact) mass is 314 g/mol. The molecule has 122 valence electrons. The minimum absolute atomic E-state index is 0.136. The van der Waals surface area contributed by atoms with Crippen LogP contribution in [0.4, 0.5) is 11.4 Å². The van der Waals surface area contributed by atoms with Crippen LogP contribution in [-0.4, -0.2) is 25.7 Å². The number of anilines is 2. The van der Waals surface area contributed by atoms with E-state index in [0.717, 1.165) is 11.4 Å². The normalized spacial score (nSPS) is 11.4. The standard InChI is InChI=1S/C18H22N2O3/c1-4-23-15-11-9-14(10-12-15)19-13(2)18(21)20-16-7-5-6-8-17(16)22-3/h5-13,19H,4H2,1-3H3,(H,20,21). The van der Waals surface area contributed by atoms with Crippen molar-refractivity contribution in [2.75, 3.05) is 24.4 Å². The Morgan fingerprint density at radius 1 is 1.13 bits per heavy atom. The van der Waals surface area contributed by atoms with Gasteiger partial charge in [-0.1, -0.05) is 12.1 Å². The van der Waals surface area contributed by atoms with Gasteiger partial charge in [0.15, 0.2) is 0 Å². The molecule has 0 aliphatic carbocycles. The first kappa shape index (κ1) is 16.7. The maximum absolute atomic E-state index is 12.3. The third kappa shape index (κ3) is 4.64. The number of methoxy groups -OCH3 is 1. The van der Waals surface area contributed by atoms with Gasteiger partial charge in [-0.25, -0.2) is 0 Å². The topological polar surface area (TPSA) is 59.6 Å². The van der Waals surface area contributed by atoms with E-state index in [2.05, 4.69) is 10.6 Å². The van der Waals surface area contributed by atoms with Gasteiger partial charge in [-0.05, 0) is 50.2 Å². The average Bonchev–Trinajstić information content (AvgIpc) is 2.57. The maximum Gasteiger partial charge on any atom is 0.246 e. The number of carbonyl (C=O) groups is 1. The third-order valence-corrected chi connectivity index (χ3v) is 3.31. The lowest BCUT2D eigenvalue weighted by Crippen LogP contribution is -2.31. The first-order chi connectivity index (χ1) is 11.1. The summed E-state index contributed by atoms with van der Waals surface area (Å²) in [6.07, 6.45) is 0. The Labute approximate surface area is 136 Å². The zero-order valence-electron chi connectivity index (χ0n) is 13.6. The van der Waals surface area contributed by atoms with Crippen molar-refractivity contribution >= 4 is 17.3 Å². The van der Waals surface area contributed by atoms with E-state index >= 15 is 0 Å². The van der Waals surface area contributed by atoms with Crippen molar-refractivity contribution in [1.82, 2.24) is 0 Å². The van der Waals surface area contributed by atoms with Gasteiger partial charge < -0.3 is 20.1 Å². The zero-order chi connectivity index (χ0) is 16.7. The predicted octanol–water partition coefficient (Wildman–Crippen LogP) is 3.53. The number of carbonyl (C=O) groups excluding carboxylic acids is 1. The maximum atomic E-state index is 12.3. The smallest absolute Gasteiger partial charge is 0.246 e. The van der Waals surface area contributed by atoms with E-state index in [9.17, 15) is 4.79 Å². The lowest BCUT2D eigenvalue weighted by molar-refractivity contribution is -0.116. The zero-order valence-corrected chi connectivity index (χ0v) is 13.6. The molecule has 0 aliphatic heterocycles. The van der Waals surface area contributed by atoms with Crippen LogP contribution >= 0.6 is 0 Å². The van der Waals surface area contributed by atoms with Crippen LogP contribution in [0.2, 0.25) is 0 Å². The highest BCUT2D eigenvalue weighted by Crippen LogP contribution is 2.23. The molecule has 0 spiro atoms. The van der Waals surface area contributed by atoms with Crippen LogP contribution in [0.25, 0.3) is 0 Å². The Kier molecular flexibility index (Phi) is 5.86. The van der Waals surface area contributed by atoms with Crippen LogP contribution in [0, 0.1) is 0 Å². The van der Waals surface area contributed by atoms with Crippen molar-refractivity contribution in [3.05, 3.63) is 48.5 Å². The number of benzene rings is 2. The highest BCUT2D eigenvalue weighted by molar-refractivity contribution is 5.97. The molecule has 1 unspecified atom stereocenters. The fraction of sp³-hybridized carbons (Fsp3) is 0.278. The van der Waals surface area contributed by atoms with Crippen LogP contribution in [0.1, 0.15) is 13.8 Å². The highest BCUT2D eigenvalue weighted by atomic mass is 16.5. The number of amides is 1. The molecule has 23 heavy (non-hydrogen) atoms. The van der Waals surface area contributed by atoms with Crippen LogP contribution in [0.3, 0.4) is 0 Å². The van der Waals surface area contributed by atoms with Gasteiger partial charge in [-0.2, -0.15) is 0 Å². The number of para-hydroxylation sites is 2. The van der Waals surface area contributed by atoms with E-state index < -0.39 is 6.04 Å². The fourth-order valence-corrected chi connectivity index (χ4v) is 2.12. The minimum Gasteiger partial charge on any atom is -0.495 e. The first-order valence-corrected chi connectivity index (χ1v) is 7.57. The molecule has 5 nitrogen and oxygen atoms in total. The van der Waals surface area contributed by atoms with Gasteiger partial charge in [-0.15, -0.1) is 0 Å². The molecule has 2 aromatic rings. The Balaban J connectivity index is 1.96. The quantitative estimate of drug-likeness (QED) is 0.821. The molecule has 0 aromatic heterocycles. The van der Waals surface area contributed by atoms with E-state index in [1.54, 1.807) is 26.2 Å². The summed E-state index contributed by atoms with van der Waals surface area (Å²) >= 11 is 0. The fourth-order valence-electron chi connectivity index (χ4n) is 2.12. The molecular weight excluding hydrogens is 292 g/mol. The summed E-state index contributed by atoms with van der Waals surface area (Å²) in [5.74, 6) is 1.31. The van der Waals surface area contributed by atoms with Gasteiger partial charge in [-0.3, -0.25) is 4.79 Å². The molecule has 0 aliphatic rings. The lowest BCUT2D eigenvalue weighted by atomic mass is 10.2. The average molecular weight is 314 g/mol. The Morgan fingerprint density at radius 2 is 1.83 bits per heavy atom. The molecule has 1 amide bonds. The first-order valence-electron chi connectivity index (χ1n) is 7.57. The number of hydrogen-bond acceptors (Lipinski definition) is 4. The largest absolute Gasteiger partial charge is 0.495 e. The number of nitrogens with one attached hydrogen (secondary N) is 2. The Bertz CT molecular complexity index is 641. The van der Waals surface area contributed by atoms with Crippen LogP contribution in [0.5, 0.6) is 11.5 Å². The van der Waals surface area contributed by atoms with Crippen molar-refractivity contribution in [2.24, 2.45) is 0 Å². The summed E-state index contributed by atoms with van der Waals surface area (Å²) in [7, 11) is 1.58. The predicted molar refractivity (Wildman–Crippen MR) is 92.3 cm³/mol. The second kappa shape index (κ2) is 8.08. The van der Waals surface area contributed by atoms with Gasteiger partial charge in [0.05, 0.1) is 19.4 Å². The van der Waals surface area contributed by atoms with Gasteiger partial charge in [0.25, 0.3) is 0 Å². The molecule has 2 N–H and O–H groups in total. The summed E-state index contributed by atoms with van der Waals surface area (Å²) in [4.78, 5) is 12.3. The molecule has 0 radical (unpaired) electrons. The SMILES string of the molecule is CCOc1ccc(NC(C)C(=O)Nc2ccccc2OC)cc1. The lowest BCUT2D eigenvalue weighted by Gasteiger charge is -2.17. The van der Waals surface area contributed by atoms with Gasteiger partial charge in [0, 0.05) is 5.69 Å². The second-order valence-corrected chi connectivity index (χ2v) is 5.01. The van der Waals surface area contributed by atoms with E-state index in [0.29, 0.717) is 18.0 Å². The summed E-state index contributed by atoms with van der Waals surface area (Å²) in [6.45, 7) is 4.38. The molecule has 5 heteroatoms. The van der Waals surface area contributed by atoms with Gasteiger partial charge in [0.2, 0.25) is 5.91 Å². The molecule has 0 fully saturated rings. The molecule has 0 saturated heterocycles. The number of rotatable bonds is 7. The third-order valence-electron chi connectivity index (χ3n) is 3.31. The molecule has 0 saturated carbocycles. The summed E-state index contributed by atoms with van der Waals surface area (Å²) in [6, 6.07) is 14.4. The van der Waals surface area contributed by atoms with Crippen LogP contribution < -0.4 is 20.1 Å². The van der Waals surface area contributed by atoms with E-state index in [4.69, 9.17) is 9.47 Å². The number of ether oxygens (including phenoxy) is 2. The van der Waals surface area contributed by atoms with Crippen LogP contribution in [-0.2, 0) is 4.79 Å². The van der Waals surface area contributed by atoms with Crippen LogP contribution in [0.15, 0.2) is 48.5 Å². The molecule has 1 atom stereocenters. The number of hydrogen-bond donors (Lipinski definition) is 2.